The van der Waals surface area contributed by atoms with E-state index >= 15 is 0 Å². The number of anilines is 2. The van der Waals surface area contributed by atoms with Crippen LogP contribution in [-0.4, -0.2) is 56.9 Å². The zero-order valence-corrected chi connectivity index (χ0v) is 16.2. The third-order valence-corrected chi connectivity index (χ3v) is 5.31. The highest BCUT2D eigenvalue weighted by atomic mass is 16.7. The number of hydrogen-bond acceptors (Lipinski definition) is 6. The molecule has 0 aliphatic carbocycles. The Balaban J connectivity index is 1.34. The normalized spacial score (nSPS) is 17.3. The van der Waals surface area contributed by atoms with E-state index in [1.54, 1.807) is 13.2 Å². The Morgan fingerprint density at radius 2 is 1.82 bits per heavy atom. The lowest BCUT2D eigenvalue weighted by Gasteiger charge is -2.38. The van der Waals surface area contributed by atoms with Gasteiger partial charge in [-0.05, 0) is 31.2 Å². The number of ether oxygens (including phenoxy) is 3. The number of para-hydroxylation sites is 2. The van der Waals surface area contributed by atoms with Gasteiger partial charge in [0.25, 0.3) is 0 Å². The van der Waals surface area contributed by atoms with Crippen molar-refractivity contribution >= 4 is 17.3 Å². The van der Waals surface area contributed by atoms with Gasteiger partial charge in [0.2, 0.25) is 12.7 Å². The van der Waals surface area contributed by atoms with E-state index in [2.05, 4.69) is 21.2 Å². The van der Waals surface area contributed by atoms with Gasteiger partial charge < -0.3 is 24.4 Å². The molecule has 1 fully saturated rings. The maximum absolute atomic E-state index is 12.7. The minimum Gasteiger partial charge on any atom is -0.495 e. The third-order valence-electron chi connectivity index (χ3n) is 5.31. The van der Waals surface area contributed by atoms with Crippen LogP contribution in [0.25, 0.3) is 0 Å². The first-order chi connectivity index (χ1) is 13.7. The molecule has 28 heavy (non-hydrogen) atoms. The van der Waals surface area contributed by atoms with Crippen molar-refractivity contribution in [1.82, 2.24) is 4.90 Å². The SMILES string of the molecule is COc1ccccc1N1CCN([C@@H](C)C(=O)Nc2ccc3c(c2)OCO3)CC1. The fraction of sp³-hybridized carbons (Fsp3) is 0.381. The number of hydrogen-bond donors (Lipinski definition) is 1. The molecule has 1 atom stereocenters. The molecular formula is C21H25N3O4. The van der Waals surface area contributed by atoms with Crippen molar-refractivity contribution in [2.75, 3.05) is 50.3 Å². The van der Waals surface area contributed by atoms with Gasteiger partial charge >= 0.3 is 0 Å². The van der Waals surface area contributed by atoms with Gasteiger partial charge in [-0.15, -0.1) is 0 Å². The van der Waals surface area contributed by atoms with Crippen LogP contribution in [0.1, 0.15) is 6.92 Å². The molecule has 0 radical (unpaired) electrons. The van der Waals surface area contributed by atoms with Crippen LogP contribution >= 0.6 is 0 Å². The van der Waals surface area contributed by atoms with Crippen LogP contribution in [0, 0.1) is 0 Å². The van der Waals surface area contributed by atoms with Crippen LogP contribution in [-0.2, 0) is 4.79 Å². The van der Waals surface area contributed by atoms with Gasteiger partial charge in [-0.25, -0.2) is 0 Å². The summed E-state index contributed by atoms with van der Waals surface area (Å²) >= 11 is 0. The Kier molecular flexibility index (Phi) is 5.25. The lowest BCUT2D eigenvalue weighted by molar-refractivity contribution is -0.120. The molecule has 7 nitrogen and oxygen atoms in total. The summed E-state index contributed by atoms with van der Waals surface area (Å²) < 4.78 is 16.1. The standard InChI is InChI=1S/C21H25N3O4/c1-15(21(25)22-16-7-8-19-20(13-16)28-14-27-19)23-9-11-24(12-10-23)17-5-3-4-6-18(17)26-2/h3-8,13,15H,9-12,14H2,1-2H3,(H,22,25)/t15-/m0/s1. The molecule has 4 rings (SSSR count). The van der Waals surface area contributed by atoms with E-state index < -0.39 is 0 Å². The predicted molar refractivity (Wildman–Crippen MR) is 107 cm³/mol. The number of piperazine rings is 1. The van der Waals surface area contributed by atoms with E-state index in [1.807, 2.05) is 37.3 Å². The summed E-state index contributed by atoms with van der Waals surface area (Å²) in [4.78, 5) is 17.2. The zero-order chi connectivity index (χ0) is 19.5. The van der Waals surface area contributed by atoms with Crippen LogP contribution in [0.2, 0.25) is 0 Å². The van der Waals surface area contributed by atoms with Gasteiger partial charge in [0, 0.05) is 37.9 Å². The van der Waals surface area contributed by atoms with Crippen LogP contribution < -0.4 is 24.4 Å². The molecule has 0 aromatic heterocycles. The van der Waals surface area contributed by atoms with E-state index in [4.69, 9.17) is 14.2 Å². The molecule has 1 N–H and O–H groups in total. The second-order valence-corrected chi connectivity index (χ2v) is 6.93. The molecule has 2 aromatic carbocycles. The molecule has 0 saturated carbocycles. The number of amides is 1. The van der Waals surface area contributed by atoms with E-state index in [-0.39, 0.29) is 18.7 Å². The first kappa shape index (κ1) is 18.4. The topological polar surface area (TPSA) is 63.3 Å². The highest BCUT2D eigenvalue weighted by Gasteiger charge is 2.27. The molecule has 1 saturated heterocycles. The summed E-state index contributed by atoms with van der Waals surface area (Å²) in [5.41, 5.74) is 1.82. The quantitative estimate of drug-likeness (QED) is 0.856. The second kappa shape index (κ2) is 7.98. The smallest absolute Gasteiger partial charge is 0.241 e. The Morgan fingerprint density at radius 1 is 1.07 bits per heavy atom. The largest absolute Gasteiger partial charge is 0.495 e. The monoisotopic (exact) mass is 383 g/mol. The second-order valence-electron chi connectivity index (χ2n) is 6.93. The van der Waals surface area contributed by atoms with Crippen LogP contribution in [0.3, 0.4) is 0 Å². The molecule has 7 heteroatoms. The van der Waals surface area contributed by atoms with Gasteiger partial charge in [-0.3, -0.25) is 9.69 Å². The third kappa shape index (κ3) is 3.71. The number of carbonyl (C=O) groups is 1. The highest BCUT2D eigenvalue weighted by Crippen LogP contribution is 2.34. The van der Waals surface area contributed by atoms with Crippen molar-refractivity contribution in [2.45, 2.75) is 13.0 Å². The highest BCUT2D eigenvalue weighted by molar-refractivity contribution is 5.94. The van der Waals surface area contributed by atoms with Crippen molar-refractivity contribution in [3.05, 3.63) is 42.5 Å². The number of benzene rings is 2. The van der Waals surface area contributed by atoms with Gasteiger partial charge in [0.1, 0.15) is 5.75 Å². The summed E-state index contributed by atoms with van der Waals surface area (Å²) in [6, 6.07) is 13.3. The molecule has 2 heterocycles. The maximum atomic E-state index is 12.7. The van der Waals surface area contributed by atoms with Gasteiger partial charge in [0.15, 0.2) is 11.5 Å². The number of fused-ring (bicyclic) bond motifs is 1. The van der Waals surface area contributed by atoms with Gasteiger partial charge in [-0.2, -0.15) is 0 Å². The van der Waals surface area contributed by atoms with Crippen molar-refractivity contribution in [1.29, 1.82) is 0 Å². The zero-order valence-electron chi connectivity index (χ0n) is 16.2. The maximum Gasteiger partial charge on any atom is 0.241 e. The summed E-state index contributed by atoms with van der Waals surface area (Å²) in [5, 5.41) is 2.98. The molecule has 0 bridgehead atoms. The average molecular weight is 383 g/mol. The Morgan fingerprint density at radius 3 is 2.61 bits per heavy atom. The lowest BCUT2D eigenvalue weighted by Crippen LogP contribution is -2.52. The first-order valence-corrected chi connectivity index (χ1v) is 9.48. The predicted octanol–water partition coefficient (Wildman–Crippen LogP) is 2.57. The van der Waals surface area contributed by atoms with Crippen molar-refractivity contribution in [3.8, 4) is 17.2 Å². The Bertz CT molecular complexity index is 849. The van der Waals surface area contributed by atoms with Crippen molar-refractivity contribution in [2.24, 2.45) is 0 Å². The van der Waals surface area contributed by atoms with E-state index in [0.717, 1.165) is 37.6 Å². The fourth-order valence-electron chi connectivity index (χ4n) is 3.63. The number of methoxy groups -OCH3 is 1. The summed E-state index contributed by atoms with van der Waals surface area (Å²) in [6.45, 7) is 5.49. The van der Waals surface area contributed by atoms with Gasteiger partial charge in [0.05, 0.1) is 18.8 Å². The number of rotatable bonds is 5. The van der Waals surface area contributed by atoms with Crippen molar-refractivity contribution < 1.29 is 19.0 Å². The number of nitrogens with zero attached hydrogens (tertiary/aromatic N) is 2. The van der Waals surface area contributed by atoms with Crippen LogP contribution in [0.15, 0.2) is 42.5 Å². The van der Waals surface area contributed by atoms with E-state index in [9.17, 15) is 4.79 Å². The summed E-state index contributed by atoms with van der Waals surface area (Å²) in [7, 11) is 1.69. The van der Waals surface area contributed by atoms with E-state index in [0.29, 0.717) is 17.2 Å². The molecule has 0 unspecified atom stereocenters. The minimum atomic E-state index is -0.217. The fourth-order valence-corrected chi connectivity index (χ4v) is 3.63. The van der Waals surface area contributed by atoms with Gasteiger partial charge in [-0.1, -0.05) is 12.1 Å². The van der Waals surface area contributed by atoms with Crippen molar-refractivity contribution in [3.63, 3.8) is 0 Å². The molecule has 2 aliphatic rings. The average Bonchev–Trinajstić information content (AvgIpc) is 3.21. The number of carbonyl (C=O) groups excluding carboxylic acids is 1. The molecule has 148 valence electrons. The molecule has 0 spiro atoms. The summed E-state index contributed by atoms with van der Waals surface area (Å²) in [5.74, 6) is 2.23. The molecular weight excluding hydrogens is 358 g/mol. The lowest BCUT2D eigenvalue weighted by atomic mass is 10.2. The molecule has 1 amide bonds. The summed E-state index contributed by atoms with van der Waals surface area (Å²) in [6.07, 6.45) is 0. The van der Waals surface area contributed by atoms with E-state index in [1.165, 1.54) is 0 Å². The van der Waals surface area contributed by atoms with Crippen LogP contribution in [0.4, 0.5) is 11.4 Å². The molecule has 2 aliphatic heterocycles. The first-order valence-electron chi connectivity index (χ1n) is 9.48. The Hall–Kier alpha value is -2.93. The Labute approximate surface area is 164 Å². The minimum absolute atomic E-state index is 0.0235. The van der Waals surface area contributed by atoms with Crippen LogP contribution in [0.5, 0.6) is 17.2 Å². The number of nitrogens with one attached hydrogen (secondary N) is 1. The molecule has 2 aromatic rings.